The molecule has 40 heavy (non-hydrogen) atoms. The van der Waals surface area contributed by atoms with Gasteiger partial charge >= 0.3 is 11.9 Å². The first-order valence-electron chi connectivity index (χ1n) is 12.5. The second-order valence-electron chi connectivity index (χ2n) is 8.99. The number of non-ortho nitro benzene ring substituents is 1. The molecule has 2 heterocycles. The number of benzene rings is 2. The van der Waals surface area contributed by atoms with Crippen LogP contribution in [0.1, 0.15) is 35.4 Å². The van der Waals surface area contributed by atoms with E-state index in [4.69, 9.17) is 14.7 Å². The summed E-state index contributed by atoms with van der Waals surface area (Å²) in [5.41, 5.74) is 1.83. The van der Waals surface area contributed by atoms with E-state index in [2.05, 4.69) is 44.6 Å². The van der Waals surface area contributed by atoms with Gasteiger partial charge in [-0.05, 0) is 56.0 Å². The van der Waals surface area contributed by atoms with Gasteiger partial charge in [-0.3, -0.25) is 19.8 Å². The summed E-state index contributed by atoms with van der Waals surface area (Å²) < 4.78 is 5.13. The van der Waals surface area contributed by atoms with E-state index in [1.807, 2.05) is 6.07 Å². The molecule has 13 heteroatoms. The van der Waals surface area contributed by atoms with Crippen LogP contribution in [0.2, 0.25) is 0 Å². The third-order valence-electron chi connectivity index (χ3n) is 6.12. The quantitative estimate of drug-likeness (QED) is 0.190. The number of carboxylic acid groups (broad SMARTS) is 2. The second kappa shape index (κ2) is 14.9. The van der Waals surface area contributed by atoms with Crippen molar-refractivity contribution in [2.24, 2.45) is 5.92 Å². The van der Waals surface area contributed by atoms with Crippen LogP contribution in [0.15, 0.2) is 71.3 Å². The molecule has 0 spiro atoms. The molecule has 1 fully saturated rings. The predicted octanol–water partition coefficient (Wildman–Crippen LogP) is 3.39. The summed E-state index contributed by atoms with van der Waals surface area (Å²) in [6.45, 7) is 3.68. The maximum atomic E-state index is 12.3. The Morgan fingerprint density at radius 1 is 1.02 bits per heavy atom. The van der Waals surface area contributed by atoms with Crippen LogP contribution in [0.25, 0.3) is 11.5 Å². The molecule has 13 nitrogen and oxygen atoms in total. The maximum absolute atomic E-state index is 12.3. The van der Waals surface area contributed by atoms with Gasteiger partial charge in [0.1, 0.15) is 0 Å². The van der Waals surface area contributed by atoms with Crippen molar-refractivity contribution in [2.75, 3.05) is 19.6 Å². The molecule has 0 saturated carbocycles. The van der Waals surface area contributed by atoms with Gasteiger partial charge in [-0.1, -0.05) is 35.5 Å². The molecule has 2 aromatic carbocycles. The van der Waals surface area contributed by atoms with Gasteiger partial charge in [0, 0.05) is 42.9 Å². The second-order valence-corrected chi connectivity index (χ2v) is 8.99. The molecular formula is C27H29N5O8. The highest BCUT2D eigenvalue weighted by molar-refractivity contribution is 5.90. The fourth-order valence-electron chi connectivity index (χ4n) is 4.04. The van der Waals surface area contributed by atoms with Crippen molar-refractivity contribution in [3.63, 3.8) is 0 Å². The Kier molecular flexibility index (Phi) is 11.0. The molecule has 0 bridgehead atoms. The molecule has 0 radical (unpaired) electrons. The van der Waals surface area contributed by atoms with Crippen molar-refractivity contribution in [3.05, 3.63) is 88.3 Å². The Morgan fingerprint density at radius 2 is 1.65 bits per heavy atom. The molecule has 1 aliphatic rings. The normalized spacial score (nSPS) is 13.8. The summed E-state index contributed by atoms with van der Waals surface area (Å²) in [6.07, 6.45) is 4.27. The smallest absolute Gasteiger partial charge is 0.328 e. The average molecular weight is 552 g/mol. The van der Waals surface area contributed by atoms with E-state index in [0.717, 1.165) is 38.9 Å². The van der Waals surface area contributed by atoms with Crippen LogP contribution in [-0.2, 0) is 16.1 Å². The van der Waals surface area contributed by atoms with E-state index >= 15 is 0 Å². The van der Waals surface area contributed by atoms with Crippen molar-refractivity contribution < 1.29 is 34.0 Å². The molecule has 1 amide bonds. The number of rotatable bonds is 10. The highest BCUT2D eigenvalue weighted by atomic mass is 16.6. The summed E-state index contributed by atoms with van der Waals surface area (Å²) in [7, 11) is 0. The molecule has 0 atom stereocenters. The van der Waals surface area contributed by atoms with Crippen LogP contribution in [0.5, 0.6) is 0 Å². The lowest BCUT2D eigenvalue weighted by Crippen LogP contribution is -2.35. The lowest BCUT2D eigenvalue weighted by Gasteiger charge is -2.32. The number of hydrogen-bond acceptors (Lipinski definition) is 9. The van der Waals surface area contributed by atoms with Crippen LogP contribution < -0.4 is 5.32 Å². The van der Waals surface area contributed by atoms with E-state index < -0.39 is 16.9 Å². The van der Waals surface area contributed by atoms with Crippen LogP contribution >= 0.6 is 0 Å². The summed E-state index contributed by atoms with van der Waals surface area (Å²) in [4.78, 5) is 48.3. The number of aromatic nitrogens is 2. The fourth-order valence-corrected chi connectivity index (χ4v) is 4.04. The maximum Gasteiger partial charge on any atom is 0.328 e. The highest BCUT2D eigenvalue weighted by Crippen LogP contribution is 2.22. The minimum absolute atomic E-state index is 0.0304. The largest absolute Gasteiger partial charge is 0.478 e. The minimum Gasteiger partial charge on any atom is -0.478 e. The van der Waals surface area contributed by atoms with E-state index in [-0.39, 0.29) is 23.3 Å². The van der Waals surface area contributed by atoms with Crippen molar-refractivity contribution in [1.82, 2.24) is 20.4 Å². The number of nitro groups is 1. The Bertz CT molecular complexity index is 1300. The molecule has 1 aromatic heterocycles. The number of hydrogen-bond donors (Lipinski definition) is 3. The summed E-state index contributed by atoms with van der Waals surface area (Å²) in [5, 5.41) is 33.0. The number of nitrogens with zero attached hydrogens (tertiary/aromatic N) is 4. The SMILES string of the molecule is O=C(NCCC1CCN(Cc2ccccc2)CC1)c1noc(-c2ccc([N+](=O)[O-])cc2)n1.O=C(O)/C=C/C(=O)O. The van der Waals surface area contributed by atoms with Crippen molar-refractivity contribution >= 4 is 23.5 Å². The molecule has 0 unspecified atom stereocenters. The Balaban J connectivity index is 0.000000482. The number of piperidine rings is 1. The van der Waals surface area contributed by atoms with Crippen LogP contribution in [-0.4, -0.2) is 67.7 Å². The van der Waals surface area contributed by atoms with Gasteiger partial charge in [0.15, 0.2) is 0 Å². The molecule has 0 aliphatic carbocycles. The molecule has 210 valence electrons. The molecular weight excluding hydrogens is 522 g/mol. The molecule has 4 rings (SSSR count). The standard InChI is InChI=1S/C23H25N5O4.C4H4O4/c29-22(21-25-23(32-26-21)19-6-8-20(9-7-19)28(30)31)24-13-10-17-11-14-27(15-12-17)16-18-4-2-1-3-5-18;5-3(6)1-2-4(7)8/h1-9,17H,10-16H2,(H,24,29);1-2H,(H,5,6)(H,7,8)/b;2-1+. The van der Waals surface area contributed by atoms with Gasteiger partial charge in [0.2, 0.25) is 0 Å². The van der Waals surface area contributed by atoms with Gasteiger partial charge in [-0.15, -0.1) is 0 Å². The molecule has 3 aromatic rings. The first kappa shape index (κ1) is 29.6. The zero-order valence-corrected chi connectivity index (χ0v) is 21.5. The van der Waals surface area contributed by atoms with E-state index in [0.29, 0.717) is 30.2 Å². The number of carbonyl (C=O) groups is 3. The Morgan fingerprint density at radius 3 is 2.23 bits per heavy atom. The highest BCUT2D eigenvalue weighted by Gasteiger charge is 2.20. The van der Waals surface area contributed by atoms with Gasteiger partial charge in [-0.25, -0.2) is 9.59 Å². The zero-order chi connectivity index (χ0) is 28.9. The zero-order valence-electron chi connectivity index (χ0n) is 21.5. The summed E-state index contributed by atoms with van der Waals surface area (Å²) >= 11 is 0. The summed E-state index contributed by atoms with van der Waals surface area (Å²) in [5.74, 6) is -2.21. The fraction of sp³-hybridized carbons (Fsp3) is 0.296. The monoisotopic (exact) mass is 551 g/mol. The minimum atomic E-state index is -1.26. The number of amides is 1. The van der Waals surface area contributed by atoms with E-state index in [1.54, 1.807) is 0 Å². The molecule has 1 saturated heterocycles. The van der Waals surface area contributed by atoms with E-state index in [1.165, 1.54) is 29.8 Å². The number of aliphatic carboxylic acids is 2. The summed E-state index contributed by atoms with van der Waals surface area (Å²) in [6, 6.07) is 16.2. The average Bonchev–Trinajstić information content (AvgIpc) is 3.44. The van der Waals surface area contributed by atoms with Crippen molar-refractivity contribution in [1.29, 1.82) is 0 Å². The topological polar surface area (TPSA) is 189 Å². The van der Waals surface area contributed by atoms with Crippen LogP contribution in [0.3, 0.4) is 0 Å². The first-order valence-corrected chi connectivity index (χ1v) is 12.5. The molecule has 3 N–H and O–H groups in total. The van der Waals surface area contributed by atoms with Gasteiger partial charge in [0.25, 0.3) is 23.3 Å². The predicted molar refractivity (Wildman–Crippen MR) is 142 cm³/mol. The van der Waals surface area contributed by atoms with Gasteiger partial charge in [0.05, 0.1) is 4.92 Å². The lowest BCUT2D eigenvalue weighted by molar-refractivity contribution is -0.384. The number of likely N-dealkylation sites (tertiary alicyclic amines) is 1. The van der Waals surface area contributed by atoms with Gasteiger partial charge in [-0.2, -0.15) is 4.98 Å². The number of nitrogens with one attached hydrogen (secondary N) is 1. The van der Waals surface area contributed by atoms with Gasteiger partial charge < -0.3 is 20.1 Å². The van der Waals surface area contributed by atoms with Crippen molar-refractivity contribution in [3.8, 4) is 11.5 Å². The lowest BCUT2D eigenvalue weighted by atomic mass is 9.93. The van der Waals surface area contributed by atoms with Crippen LogP contribution in [0, 0.1) is 16.0 Å². The number of carbonyl (C=O) groups excluding carboxylic acids is 1. The Hall–Kier alpha value is -4.91. The Labute approximate surface area is 229 Å². The first-order chi connectivity index (χ1) is 19.2. The third-order valence-corrected chi connectivity index (χ3v) is 6.12. The van der Waals surface area contributed by atoms with Crippen LogP contribution in [0.4, 0.5) is 5.69 Å². The number of carboxylic acids is 2. The van der Waals surface area contributed by atoms with E-state index in [9.17, 15) is 24.5 Å². The molecule has 1 aliphatic heterocycles. The number of nitro benzene ring substituents is 1. The third kappa shape index (κ3) is 9.76. The van der Waals surface area contributed by atoms with Crippen molar-refractivity contribution in [2.45, 2.75) is 25.8 Å².